The lowest BCUT2D eigenvalue weighted by Crippen LogP contribution is -2.19. The van der Waals surface area contributed by atoms with Crippen LogP contribution >= 0.6 is 0 Å². The molecule has 2 rings (SSSR count). The third-order valence-corrected chi connectivity index (χ3v) is 3.32. The van der Waals surface area contributed by atoms with Crippen molar-refractivity contribution in [3.8, 4) is 5.75 Å². The van der Waals surface area contributed by atoms with Gasteiger partial charge in [0.15, 0.2) is 0 Å². The van der Waals surface area contributed by atoms with Crippen molar-refractivity contribution in [2.45, 2.75) is 19.5 Å². The second-order valence-corrected chi connectivity index (χ2v) is 4.61. The molecule has 0 fully saturated rings. The van der Waals surface area contributed by atoms with Crippen LogP contribution in [0.1, 0.15) is 34.6 Å². The summed E-state index contributed by atoms with van der Waals surface area (Å²) < 4.78 is 15.2. The fourth-order valence-electron chi connectivity index (χ4n) is 2.14. The van der Waals surface area contributed by atoms with Gasteiger partial charge in [0.1, 0.15) is 5.75 Å². The van der Waals surface area contributed by atoms with E-state index in [0.29, 0.717) is 6.54 Å². The van der Waals surface area contributed by atoms with Crippen molar-refractivity contribution in [3.05, 3.63) is 53.5 Å². The summed E-state index contributed by atoms with van der Waals surface area (Å²) in [6, 6.07) is 9.65. The zero-order valence-electron chi connectivity index (χ0n) is 12.4. The fourth-order valence-corrected chi connectivity index (χ4v) is 2.14. The number of rotatable bonds is 6. The van der Waals surface area contributed by atoms with Crippen LogP contribution in [0.15, 0.2) is 41.0 Å². The highest BCUT2D eigenvalue weighted by atomic mass is 16.5. The standard InChI is InChI=1S/C16H19NO4/c1-11(13-6-4-5-7-14(13)19-2)17-10-12-8-9-21-15(12)16(18)20-3/h4-9,11,17H,10H2,1-3H3/t11-/m1/s1. The summed E-state index contributed by atoms with van der Waals surface area (Å²) in [5.74, 6) is 0.594. The Morgan fingerprint density at radius 2 is 2.05 bits per heavy atom. The zero-order chi connectivity index (χ0) is 15.2. The van der Waals surface area contributed by atoms with E-state index in [2.05, 4.69) is 10.1 Å². The van der Waals surface area contributed by atoms with Gasteiger partial charge in [-0.15, -0.1) is 0 Å². The second kappa shape index (κ2) is 6.95. The Hall–Kier alpha value is -2.27. The van der Waals surface area contributed by atoms with Crippen molar-refractivity contribution >= 4 is 5.97 Å². The minimum Gasteiger partial charge on any atom is -0.496 e. The van der Waals surface area contributed by atoms with Crippen molar-refractivity contribution in [1.29, 1.82) is 0 Å². The highest BCUT2D eigenvalue weighted by Gasteiger charge is 2.17. The van der Waals surface area contributed by atoms with Gasteiger partial charge < -0.3 is 19.2 Å². The molecule has 2 aromatic rings. The van der Waals surface area contributed by atoms with Crippen LogP contribution in [0.2, 0.25) is 0 Å². The first-order valence-corrected chi connectivity index (χ1v) is 6.68. The van der Waals surface area contributed by atoms with Gasteiger partial charge in [-0.1, -0.05) is 18.2 Å². The molecule has 112 valence electrons. The number of methoxy groups -OCH3 is 2. The van der Waals surface area contributed by atoms with Crippen LogP contribution in [-0.4, -0.2) is 20.2 Å². The smallest absolute Gasteiger partial charge is 0.374 e. The molecule has 0 spiro atoms. The predicted octanol–water partition coefficient (Wildman–Crippen LogP) is 2.93. The van der Waals surface area contributed by atoms with Gasteiger partial charge in [-0.25, -0.2) is 4.79 Å². The number of ether oxygens (including phenoxy) is 2. The molecular weight excluding hydrogens is 270 g/mol. The van der Waals surface area contributed by atoms with Crippen molar-refractivity contribution in [1.82, 2.24) is 5.32 Å². The van der Waals surface area contributed by atoms with Crippen LogP contribution in [0.3, 0.4) is 0 Å². The summed E-state index contributed by atoms with van der Waals surface area (Å²) in [7, 11) is 2.98. The van der Waals surface area contributed by atoms with Gasteiger partial charge >= 0.3 is 5.97 Å². The summed E-state index contributed by atoms with van der Waals surface area (Å²) >= 11 is 0. The molecular formula is C16H19NO4. The number of esters is 1. The van der Waals surface area contributed by atoms with E-state index in [-0.39, 0.29) is 11.8 Å². The molecule has 0 aliphatic rings. The fraction of sp³-hybridized carbons (Fsp3) is 0.312. The van der Waals surface area contributed by atoms with E-state index in [9.17, 15) is 4.79 Å². The highest BCUT2D eigenvalue weighted by Crippen LogP contribution is 2.24. The largest absolute Gasteiger partial charge is 0.496 e. The van der Waals surface area contributed by atoms with E-state index in [4.69, 9.17) is 9.15 Å². The van der Waals surface area contributed by atoms with Crippen molar-refractivity contribution in [2.24, 2.45) is 0 Å². The maximum Gasteiger partial charge on any atom is 0.374 e. The topological polar surface area (TPSA) is 60.7 Å². The first kappa shape index (κ1) is 15.1. The van der Waals surface area contributed by atoms with Crippen LogP contribution in [-0.2, 0) is 11.3 Å². The van der Waals surface area contributed by atoms with Crippen LogP contribution in [0.5, 0.6) is 5.75 Å². The molecule has 0 unspecified atom stereocenters. The van der Waals surface area contributed by atoms with E-state index in [1.165, 1.54) is 13.4 Å². The Kier molecular flexibility index (Phi) is 5.00. The number of hydrogen-bond acceptors (Lipinski definition) is 5. The number of carbonyl (C=O) groups excluding carboxylic acids is 1. The minimum atomic E-state index is -0.471. The van der Waals surface area contributed by atoms with E-state index in [1.807, 2.05) is 31.2 Å². The van der Waals surface area contributed by atoms with E-state index in [1.54, 1.807) is 13.2 Å². The number of benzene rings is 1. The molecule has 0 aliphatic carbocycles. The van der Waals surface area contributed by atoms with Gasteiger partial charge in [-0.2, -0.15) is 0 Å². The molecule has 0 amide bonds. The van der Waals surface area contributed by atoms with Crippen LogP contribution in [0.25, 0.3) is 0 Å². The number of carbonyl (C=O) groups is 1. The van der Waals surface area contributed by atoms with Crippen LogP contribution in [0.4, 0.5) is 0 Å². The minimum absolute atomic E-state index is 0.0709. The highest BCUT2D eigenvalue weighted by molar-refractivity contribution is 5.87. The number of hydrogen-bond donors (Lipinski definition) is 1. The van der Waals surface area contributed by atoms with Gasteiger partial charge in [0.2, 0.25) is 5.76 Å². The summed E-state index contributed by atoms with van der Waals surface area (Å²) in [5.41, 5.74) is 1.83. The Labute approximate surface area is 123 Å². The Morgan fingerprint density at radius 3 is 2.76 bits per heavy atom. The molecule has 5 nitrogen and oxygen atoms in total. The van der Waals surface area contributed by atoms with E-state index >= 15 is 0 Å². The first-order valence-electron chi connectivity index (χ1n) is 6.68. The number of nitrogens with one attached hydrogen (secondary N) is 1. The summed E-state index contributed by atoms with van der Waals surface area (Å²) in [5, 5.41) is 3.35. The molecule has 0 radical (unpaired) electrons. The quantitative estimate of drug-likeness (QED) is 0.828. The Bertz CT molecular complexity index is 606. The van der Waals surface area contributed by atoms with Gasteiger partial charge in [0.25, 0.3) is 0 Å². The third kappa shape index (κ3) is 3.44. The molecule has 1 N–H and O–H groups in total. The van der Waals surface area contributed by atoms with Gasteiger partial charge in [0.05, 0.1) is 20.5 Å². The summed E-state index contributed by atoms with van der Waals surface area (Å²) in [6.45, 7) is 2.54. The molecule has 0 saturated carbocycles. The molecule has 0 saturated heterocycles. The lowest BCUT2D eigenvalue weighted by atomic mass is 10.1. The van der Waals surface area contributed by atoms with Gasteiger partial charge in [-0.3, -0.25) is 0 Å². The number of furan rings is 1. The molecule has 5 heteroatoms. The molecule has 1 aromatic heterocycles. The molecule has 1 aromatic carbocycles. The average molecular weight is 289 g/mol. The van der Waals surface area contributed by atoms with Gasteiger partial charge in [0, 0.05) is 23.7 Å². The lowest BCUT2D eigenvalue weighted by molar-refractivity contribution is 0.0563. The summed E-state index contributed by atoms with van der Waals surface area (Å²) in [4.78, 5) is 11.5. The molecule has 21 heavy (non-hydrogen) atoms. The Balaban J connectivity index is 2.06. The SMILES string of the molecule is COC(=O)c1occc1CN[C@H](C)c1ccccc1OC. The van der Waals surface area contributed by atoms with Crippen molar-refractivity contribution in [2.75, 3.05) is 14.2 Å². The van der Waals surface area contributed by atoms with Crippen LogP contribution < -0.4 is 10.1 Å². The van der Waals surface area contributed by atoms with E-state index < -0.39 is 5.97 Å². The van der Waals surface area contributed by atoms with Crippen LogP contribution in [0, 0.1) is 0 Å². The normalized spacial score (nSPS) is 12.0. The molecule has 1 atom stereocenters. The number of para-hydroxylation sites is 1. The maximum atomic E-state index is 11.5. The first-order chi connectivity index (χ1) is 10.2. The maximum absolute atomic E-state index is 11.5. The molecule has 0 bridgehead atoms. The average Bonchev–Trinajstić information content (AvgIpc) is 3.00. The third-order valence-electron chi connectivity index (χ3n) is 3.32. The van der Waals surface area contributed by atoms with Gasteiger partial charge in [-0.05, 0) is 19.1 Å². The monoisotopic (exact) mass is 289 g/mol. The summed E-state index contributed by atoms with van der Waals surface area (Å²) in [6.07, 6.45) is 1.48. The second-order valence-electron chi connectivity index (χ2n) is 4.61. The van der Waals surface area contributed by atoms with E-state index in [0.717, 1.165) is 16.9 Å². The Morgan fingerprint density at radius 1 is 1.29 bits per heavy atom. The lowest BCUT2D eigenvalue weighted by Gasteiger charge is -2.17. The zero-order valence-corrected chi connectivity index (χ0v) is 12.4. The molecule has 1 heterocycles. The van der Waals surface area contributed by atoms with Crippen molar-refractivity contribution < 1.29 is 18.7 Å². The molecule has 0 aliphatic heterocycles. The van der Waals surface area contributed by atoms with Crippen molar-refractivity contribution in [3.63, 3.8) is 0 Å². The predicted molar refractivity (Wildman–Crippen MR) is 78.3 cm³/mol.